The van der Waals surface area contributed by atoms with Gasteiger partial charge in [0, 0.05) is 4.88 Å². The number of hydrogen-bond acceptors (Lipinski definition) is 7. The van der Waals surface area contributed by atoms with Gasteiger partial charge < -0.3 is 10.4 Å². The van der Waals surface area contributed by atoms with Gasteiger partial charge in [0.05, 0.1) is 0 Å². The van der Waals surface area contributed by atoms with Crippen LogP contribution in [-0.2, 0) is 4.79 Å². The van der Waals surface area contributed by atoms with E-state index in [0.717, 1.165) is 0 Å². The Bertz CT molecular complexity index is 710. The van der Waals surface area contributed by atoms with Gasteiger partial charge in [-0.3, -0.25) is 0 Å². The van der Waals surface area contributed by atoms with Crippen LogP contribution in [0.1, 0.15) is 10.9 Å². The zero-order chi connectivity index (χ0) is 13.2. The number of aromatic nitrogens is 5. The number of hydrogen-bond donors (Lipinski definition) is 2. The van der Waals surface area contributed by atoms with Gasteiger partial charge in [0.25, 0.3) is 0 Å². The standard InChI is InChI=1S/C10H8N6O2S/c17-10(18)9(6-2-1-5-19-6)11-7-3-4-8-12-14-15-16(8)13-7/h1-5,9H,(H,11,13)(H,17,18). The van der Waals surface area contributed by atoms with E-state index in [-0.39, 0.29) is 0 Å². The van der Waals surface area contributed by atoms with Crippen molar-refractivity contribution in [1.29, 1.82) is 0 Å². The van der Waals surface area contributed by atoms with Gasteiger partial charge in [-0.15, -0.1) is 26.2 Å². The minimum absolute atomic E-state index is 0.389. The zero-order valence-corrected chi connectivity index (χ0v) is 10.3. The lowest BCUT2D eigenvalue weighted by Gasteiger charge is -2.12. The van der Waals surface area contributed by atoms with Crippen molar-refractivity contribution in [2.75, 3.05) is 5.32 Å². The number of carbonyl (C=O) groups is 1. The number of aliphatic carboxylic acids is 1. The van der Waals surface area contributed by atoms with Gasteiger partial charge >= 0.3 is 5.97 Å². The number of tetrazole rings is 1. The first-order valence-corrected chi connectivity index (χ1v) is 6.20. The average Bonchev–Trinajstić information content (AvgIpc) is 3.06. The van der Waals surface area contributed by atoms with Crippen molar-refractivity contribution < 1.29 is 9.90 Å². The lowest BCUT2D eigenvalue weighted by Crippen LogP contribution is -2.20. The fraction of sp³-hybridized carbons (Fsp3) is 0.100. The van der Waals surface area contributed by atoms with Crippen LogP contribution in [0.4, 0.5) is 5.82 Å². The van der Waals surface area contributed by atoms with Crippen LogP contribution in [-0.4, -0.2) is 36.3 Å². The highest BCUT2D eigenvalue weighted by Crippen LogP contribution is 2.22. The second kappa shape index (κ2) is 4.61. The summed E-state index contributed by atoms with van der Waals surface area (Å²) in [6.07, 6.45) is 0. The van der Waals surface area contributed by atoms with E-state index in [9.17, 15) is 9.90 Å². The minimum atomic E-state index is -0.971. The first-order chi connectivity index (χ1) is 9.24. The van der Waals surface area contributed by atoms with Gasteiger partial charge in [-0.25, -0.2) is 4.79 Å². The van der Waals surface area contributed by atoms with Crippen molar-refractivity contribution in [2.45, 2.75) is 6.04 Å². The van der Waals surface area contributed by atoms with Gasteiger partial charge in [-0.1, -0.05) is 6.07 Å². The Morgan fingerprint density at radius 1 is 1.42 bits per heavy atom. The average molecular weight is 276 g/mol. The van der Waals surface area contributed by atoms with Crippen LogP contribution in [0.3, 0.4) is 0 Å². The molecule has 96 valence electrons. The molecule has 0 aliphatic rings. The van der Waals surface area contributed by atoms with Crippen molar-refractivity contribution in [3.63, 3.8) is 0 Å². The molecule has 3 heterocycles. The fourth-order valence-corrected chi connectivity index (χ4v) is 2.35. The molecular formula is C10H8N6O2S. The van der Waals surface area contributed by atoms with Gasteiger partial charge in [0.2, 0.25) is 0 Å². The molecule has 0 radical (unpaired) electrons. The maximum Gasteiger partial charge on any atom is 0.331 e. The predicted octanol–water partition coefficient (Wildman–Crippen LogP) is 0.819. The quantitative estimate of drug-likeness (QED) is 0.726. The van der Waals surface area contributed by atoms with Crippen molar-refractivity contribution in [2.24, 2.45) is 0 Å². The second-order valence-electron chi connectivity index (χ2n) is 3.68. The Morgan fingerprint density at radius 3 is 3.05 bits per heavy atom. The van der Waals surface area contributed by atoms with Crippen LogP contribution in [0.25, 0.3) is 5.65 Å². The Morgan fingerprint density at radius 2 is 2.32 bits per heavy atom. The fourth-order valence-electron chi connectivity index (χ4n) is 1.58. The SMILES string of the molecule is O=C(O)C(Nc1ccc2nnnn2n1)c1cccs1. The molecule has 0 aromatic carbocycles. The highest BCUT2D eigenvalue weighted by Gasteiger charge is 2.21. The maximum absolute atomic E-state index is 11.3. The molecule has 3 rings (SSSR count). The predicted molar refractivity (Wildman–Crippen MR) is 66.9 cm³/mol. The summed E-state index contributed by atoms with van der Waals surface area (Å²) in [5, 5.41) is 28.8. The van der Waals surface area contributed by atoms with E-state index in [1.165, 1.54) is 16.0 Å². The van der Waals surface area contributed by atoms with E-state index < -0.39 is 12.0 Å². The number of thiophene rings is 1. The number of carboxylic acid groups (broad SMARTS) is 1. The van der Waals surface area contributed by atoms with Crippen LogP contribution in [0, 0.1) is 0 Å². The Hall–Kier alpha value is -2.55. The van der Waals surface area contributed by atoms with Gasteiger partial charge in [-0.2, -0.15) is 0 Å². The monoisotopic (exact) mass is 276 g/mol. The second-order valence-corrected chi connectivity index (χ2v) is 4.66. The summed E-state index contributed by atoms with van der Waals surface area (Å²) >= 11 is 1.37. The largest absolute Gasteiger partial charge is 0.479 e. The summed E-state index contributed by atoms with van der Waals surface area (Å²) in [5.41, 5.74) is 0.494. The molecule has 1 unspecified atom stereocenters. The molecule has 1 atom stereocenters. The normalized spacial score (nSPS) is 12.4. The lowest BCUT2D eigenvalue weighted by molar-refractivity contribution is -0.138. The molecule has 2 N–H and O–H groups in total. The smallest absolute Gasteiger partial charge is 0.331 e. The molecule has 0 saturated heterocycles. The third kappa shape index (κ3) is 2.22. The molecule has 3 aromatic heterocycles. The summed E-state index contributed by atoms with van der Waals surface area (Å²) in [4.78, 5) is 12.0. The van der Waals surface area contributed by atoms with Gasteiger partial charge in [0.1, 0.15) is 5.82 Å². The number of rotatable bonds is 4. The number of carboxylic acids is 1. The molecule has 0 bridgehead atoms. The Balaban J connectivity index is 1.91. The molecule has 0 aliphatic carbocycles. The highest BCUT2D eigenvalue weighted by molar-refractivity contribution is 7.10. The van der Waals surface area contributed by atoms with E-state index in [1.54, 1.807) is 24.3 Å². The van der Waals surface area contributed by atoms with Crippen LogP contribution in [0.2, 0.25) is 0 Å². The molecule has 0 saturated carbocycles. The lowest BCUT2D eigenvalue weighted by atomic mass is 10.2. The number of anilines is 1. The zero-order valence-electron chi connectivity index (χ0n) is 9.46. The van der Waals surface area contributed by atoms with E-state index in [1.807, 2.05) is 5.38 Å². The van der Waals surface area contributed by atoms with Gasteiger partial charge in [-0.05, 0) is 34.0 Å². The summed E-state index contributed by atoms with van der Waals surface area (Å²) in [6.45, 7) is 0. The molecule has 0 amide bonds. The number of nitrogens with zero attached hydrogens (tertiary/aromatic N) is 5. The minimum Gasteiger partial charge on any atom is -0.479 e. The van der Waals surface area contributed by atoms with E-state index in [2.05, 4.69) is 25.9 Å². The Kier molecular flexibility index (Phi) is 2.80. The molecular weight excluding hydrogens is 268 g/mol. The highest BCUT2D eigenvalue weighted by atomic mass is 32.1. The van der Waals surface area contributed by atoms with Crippen molar-refractivity contribution in [1.82, 2.24) is 25.3 Å². The molecule has 0 fully saturated rings. The van der Waals surface area contributed by atoms with Crippen LogP contribution in [0.15, 0.2) is 29.6 Å². The summed E-state index contributed by atoms with van der Waals surface area (Å²) in [7, 11) is 0. The van der Waals surface area contributed by atoms with Crippen LogP contribution < -0.4 is 5.32 Å². The third-order valence-corrected chi connectivity index (χ3v) is 3.37. The summed E-state index contributed by atoms with van der Waals surface area (Å²) in [6, 6.07) is 6.00. The topological polar surface area (TPSA) is 105 Å². The first-order valence-electron chi connectivity index (χ1n) is 5.32. The number of fused-ring (bicyclic) bond motifs is 1. The van der Waals surface area contributed by atoms with Crippen molar-refractivity contribution in [3.8, 4) is 0 Å². The van der Waals surface area contributed by atoms with Gasteiger partial charge in [0.15, 0.2) is 11.7 Å². The third-order valence-electron chi connectivity index (χ3n) is 2.44. The van der Waals surface area contributed by atoms with Crippen molar-refractivity contribution >= 4 is 28.8 Å². The number of nitrogens with one attached hydrogen (secondary N) is 1. The van der Waals surface area contributed by atoms with E-state index in [0.29, 0.717) is 16.3 Å². The van der Waals surface area contributed by atoms with Crippen molar-refractivity contribution in [3.05, 3.63) is 34.5 Å². The van der Waals surface area contributed by atoms with Crippen LogP contribution >= 0.6 is 11.3 Å². The van der Waals surface area contributed by atoms with E-state index >= 15 is 0 Å². The summed E-state index contributed by atoms with van der Waals surface area (Å²) in [5.74, 6) is -0.582. The molecule has 8 nitrogen and oxygen atoms in total. The molecule has 19 heavy (non-hydrogen) atoms. The molecule has 0 aliphatic heterocycles. The summed E-state index contributed by atoms with van der Waals surface area (Å²) < 4.78 is 1.23. The molecule has 3 aromatic rings. The van der Waals surface area contributed by atoms with Crippen LogP contribution in [0.5, 0.6) is 0 Å². The maximum atomic E-state index is 11.3. The van der Waals surface area contributed by atoms with E-state index in [4.69, 9.17) is 0 Å². The first kappa shape index (κ1) is 11.5. The molecule has 0 spiro atoms. The Labute approximate surface area is 110 Å². The molecule has 9 heteroatoms.